The number of carbonyl (C=O) groups excluding carboxylic acids is 1. The van der Waals surface area contributed by atoms with Crippen molar-refractivity contribution >= 4 is 17.4 Å². The zero-order chi connectivity index (χ0) is 22.3. The predicted octanol–water partition coefficient (Wildman–Crippen LogP) is 4.27. The number of rotatable bonds is 8. The number of para-hydroxylation sites is 1. The smallest absolute Gasteiger partial charge is 0.246 e. The third-order valence-electron chi connectivity index (χ3n) is 5.44. The molecule has 1 fully saturated rings. The number of nitrogens with one attached hydrogen (secondary N) is 2. The number of nitrogens with zero attached hydrogens (tertiary/aromatic N) is 3. The van der Waals surface area contributed by atoms with Gasteiger partial charge < -0.3 is 15.0 Å². The van der Waals surface area contributed by atoms with Crippen molar-refractivity contribution in [3.8, 4) is 11.5 Å². The number of anilines is 1. The molecule has 0 spiro atoms. The van der Waals surface area contributed by atoms with Gasteiger partial charge in [-0.05, 0) is 55.3 Å². The van der Waals surface area contributed by atoms with Crippen molar-refractivity contribution in [3.63, 3.8) is 0 Å². The molecule has 0 unspecified atom stereocenters. The Hall–Kier alpha value is -4.00. The van der Waals surface area contributed by atoms with Crippen LogP contribution in [0.1, 0.15) is 24.0 Å². The molecule has 2 N–H and O–H groups in total. The van der Waals surface area contributed by atoms with Gasteiger partial charge in [0.25, 0.3) is 0 Å². The number of hydrogen-bond donors (Lipinski definition) is 2. The maximum absolute atomic E-state index is 12.0. The molecule has 2 heterocycles. The highest BCUT2D eigenvalue weighted by Gasteiger charge is 2.27. The second-order valence-corrected chi connectivity index (χ2v) is 7.51. The Labute approximate surface area is 187 Å². The number of amides is 1. The number of benzene rings is 2. The van der Waals surface area contributed by atoms with Crippen molar-refractivity contribution in [2.45, 2.75) is 18.9 Å². The van der Waals surface area contributed by atoms with Crippen LogP contribution in [0.15, 0.2) is 79.8 Å². The summed E-state index contributed by atoms with van der Waals surface area (Å²) in [5.41, 5.74) is 1.64. The van der Waals surface area contributed by atoms with E-state index in [0.717, 1.165) is 30.7 Å². The van der Waals surface area contributed by atoms with E-state index in [1.165, 1.54) is 12.4 Å². The van der Waals surface area contributed by atoms with Crippen LogP contribution in [-0.2, 0) is 4.79 Å². The highest BCUT2D eigenvalue weighted by molar-refractivity contribution is 6.13. The Kier molecular flexibility index (Phi) is 6.55. The lowest BCUT2D eigenvalue weighted by molar-refractivity contribution is -0.126. The molecule has 1 aromatic heterocycles. The SMILES string of the molecule is C=CC(=O)N1CCC[C@@H]1CNc1ncncc1C(=N)c1ccc(Oc2ccccc2)cc1. The van der Waals surface area contributed by atoms with Gasteiger partial charge in [0.15, 0.2) is 0 Å². The van der Waals surface area contributed by atoms with E-state index in [1.807, 2.05) is 59.5 Å². The van der Waals surface area contributed by atoms with E-state index < -0.39 is 0 Å². The van der Waals surface area contributed by atoms with Crippen LogP contribution in [0.5, 0.6) is 11.5 Å². The normalized spacial score (nSPS) is 15.2. The van der Waals surface area contributed by atoms with Gasteiger partial charge in [-0.25, -0.2) is 9.97 Å². The molecule has 1 aliphatic rings. The lowest BCUT2D eigenvalue weighted by atomic mass is 10.0. The summed E-state index contributed by atoms with van der Waals surface area (Å²) in [7, 11) is 0. The first-order valence-corrected chi connectivity index (χ1v) is 10.5. The molecule has 0 radical (unpaired) electrons. The van der Waals surface area contributed by atoms with Crippen molar-refractivity contribution in [1.29, 1.82) is 5.41 Å². The standard InChI is InChI=1S/C25H25N5O2/c1-2-23(31)30-14-6-7-19(30)15-28-25-22(16-27-17-29-25)24(26)18-10-12-21(13-11-18)32-20-8-4-3-5-9-20/h2-5,8-13,16-17,19,26H,1,6-7,14-15H2,(H,27,28,29)/t19-/m1/s1. The largest absolute Gasteiger partial charge is 0.457 e. The van der Waals surface area contributed by atoms with Crippen LogP contribution in [0.2, 0.25) is 0 Å². The first kappa shape index (κ1) is 21.2. The van der Waals surface area contributed by atoms with E-state index in [-0.39, 0.29) is 11.9 Å². The number of carbonyl (C=O) groups is 1. The van der Waals surface area contributed by atoms with Gasteiger partial charge in [-0.1, -0.05) is 24.8 Å². The average molecular weight is 428 g/mol. The quantitative estimate of drug-likeness (QED) is 0.414. The highest BCUT2D eigenvalue weighted by Crippen LogP contribution is 2.24. The fourth-order valence-corrected chi connectivity index (χ4v) is 3.79. The Morgan fingerprint density at radius 3 is 2.69 bits per heavy atom. The molecule has 7 heteroatoms. The molecule has 7 nitrogen and oxygen atoms in total. The van der Waals surface area contributed by atoms with Gasteiger partial charge in [0.2, 0.25) is 5.91 Å². The molecule has 1 aliphatic heterocycles. The lowest BCUT2D eigenvalue weighted by Crippen LogP contribution is -2.38. The van der Waals surface area contributed by atoms with Gasteiger partial charge in [-0.3, -0.25) is 10.2 Å². The molecule has 0 saturated carbocycles. The minimum absolute atomic E-state index is 0.0530. The molecule has 2 aromatic carbocycles. The van der Waals surface area contributed by atoms with Crippen LogP contribution >= 0.6 is 0 Å². The van der Waals surface area contributed by atoms with Gasteiger partial charge in [0.05, 0.1) is 11.3 Å². The Balaban J connectivity index is 1.45. The molecule has 162 valence electrons. The average Bonchev–Trinajstić information content (AvgIpc) is 3.32. The summed E-state index contributed by atoms with van der Waals surface area (Å²) < 4.78 is 5.83. The lowest BCUT2D eigenvalue weighted by Gasteiger charge is -2.24. The predicted molar refractivity (Wildman–Crippen MR) is 124 cm³/mol. The van der Waals surface area contributed by atoms with Gasteiger partial charge in [0, 0.05) is 30.9 Å². The summed E-state index contributed by atoms with van der Waals surface area (Å²) in [6.45, 7) is 4.88. The number of likely N-dealkylation sites (tertiary alicyclic amines) is 1. The fraction of sp³-hybridized carbons (Fsp3) is 0.200. The van der Waals surface area contributed by atoms with Crippen molar-refractivity contribution in [3.05, 3.63) is 90.9 Å². The molecule has 4 rings (SSSR count). The molecule has 32 heavy (non-hydrogen) atoms. The van der Waals surface area contributed by atoms with E-state index in [0.29, 0.717) is 29.4 Å². The van der Waals surface area contributed by atoms with Gasteiger partial charge >= 0.3 is 0 Å². The molecule has 0 aliphatic carbocycles. The third kappa shape index (κ3) is 4.83. The Morgan fingerprint density at radius 2 is 1.94 bits per heavy atom. The Morgan fingerprint density at radius 1 is 1.19 bits per heavy atom. The second-order valence-electron chi connectivity index (χ2n) is 7.51. The van der Waals surface area contributed by atoms with E-state index >= 15 is 0 Å². The van der Waals surface area contributed by atoms with Crippen LogP contribution in [0.25, 0.3) is 0 Å². The minimum Gasteiger partial charge on any atom is -0.457 e. The Bertz CT molecular complexity index is 1100. The molecule has 0 bridgehead atoms. The van der Waals surface area contributed by atoms with Crippen molar-refractivity contribution in [1.82, 2.24) is 14.9 Å². The van der Waals surface area contributed by atoms with Crippen molar-refractivity contribution < 1.29 is 9.53 Å². The number of ether oxygens (including phenoxy) is 1. The molecule has 3 aromatic rings. The zero-order valence-electron chi connectivity index (χ0n) is 17.7. The van der Waals surface area contributed by atoms with Gasteiger partial charge in [-0.15, -0.1) is 0 Å². The second kappa shape index (κ2) is 9.87. The summed E-state index contributed by atoms with van der Waals surface area (Å²) in [4.78, 5) is 22.3. The third-order valence-corrected chi connectivity index (χ3v) is 5.44. The first-order chi connectivity index (χ1) is 15.7. The summed E-state index contributed by atoms with van der Waals surface area (Å²) >= 11 is 0. The molecular weight excluding hydrogens is 402 g/mol. The number of aromatic nitrogens is 2. The summed E-state index contributed by atoms with van der Waals surface area (Å²) in [5, 5.41) is 12.0. The zero-order valence-corrected chi connectivity index (χ0v) is 17.7. The van der Waals surface area contributed by atoms with Crippen LogP contribution in [0.3, 0.4) is 0 Å². The van der Waals surface area contributed by atoms with Crippen molar-refractivity contribution in [2.75, 3.05) is 18.4 Å². The summed E-state index contributed by atoms with van der Waals surface area (Å²) in [6.07, 6.45) is 6.34. The monoisotopic (exact) mass is 427 g/mol. The van der Waals surface area contributed by atoms with Crippen LogP contribution in [0, 0.1) is 5.41 Å². The van der Waals surface area contributed by atoms with Gasteiger partial charge in [-0.2, -0.15) is 0 Å². The van der Waals surface area contributed by atoms with Crippen molar-refractivity contribution in [2.24, 2.45) is 0 Å². The minimum atomic E-state index is -0.0530. The highest BCUT2D eigenvalue weighted by atomic mass is 16.5. The fourth-order valence-electron chi connectivity index (χ4n) is 3.79. The van der Waals surface area contributed by atoms with Gasteiger partial charge in [0.1, 0.15) is 23.6 Å². The maximum Gasteiger partial charge on any atom is 0.246 e. The first-order valence-electron chi connectivity index (χ1n) is 10.5. The maximum atomic E-state index is 12.0. The van der Waals surface area contributed by atoms with Crippen LogP contribution in [0.4, 0.5) is 5.82 Å². The molecule has 1 amide bonds. The molecule has 1 saturated heterocycles. The molecular formula is C25H25N5O2. The number of hydrogen-bond acceptors (Lipinski definition) is 6. The van der Waals surface area contributed by atoms with E-state index in [2.05, 4.69) is 21.9 Å². The van der Waals surface area contributed by atoms with Crippen LogP contribution < -0.4 is 10.1 Å². The topological polar surface area (TPSA) is 91.2 Å². The summed E-state index contributed by atoms with van der Waals surface area (Å²) in [5.74, 6) is 1.98. The molecule has 1 atom stereocenters. The van der Waals surface area contributed by atoms with Crippen LogP contribution in [-0.4, -0.2) is 45.6 Å². The van der Waals surface area contributed by atoms with E-state index in [1.54, 1.807) is 6.20 Å². The van der Waals surface area contributed by atoms with E-state index in [9.17, 15) is 4.79 Å². The van der Waals surface area contributed by atoms with E-state index in [4.69, 9.17) is 10.1 Å². The summed E-state index contributed by atoms with van der Waals surface area (Å²) in [6, 6.07) is 17.0.